The van der Waals surface area contributed by atoms with Gasteiger partial charge in [0.05, 0.1) is 19.5 Å². The number of hydrogen-bond acceptors (Lipinski definition) is 9. The van der Waals surface area contributed by atoms with Gasteiger partial charge in [-0.2, -0.15) is 0 Å². The van der Waals surface area contributed by atoms with Crippen molar-refractivity contribution in [3.8, 4) is 0 Å². The number of ether oxygens (including phenoxy) is 1. The van der Waals surface area contributed by atoms with Gasteiger partial charge in [-0.25, -0.2) is 15.0 Å². The van der Waals surface area contributed by atoms with Crippen LogP contribution in [-0.2, 0) is 25.2 Å². The molecule has 0 aliphatic rings. The minimum absolute atomic E-state index is 0.0150. The van der Waals surface area contributed by atoms with Gasteiger partial charge in [0.15, 0.2) is 16.6 Å². The lowest BCUT2D eigenvalue weighted by molar-refractivity contribution is -0.109. The van der Waals surface area contributed by atoms with Crippen molar-refractivity contribution in [3.05, 3.63) is 12.7 Å². The molecule has 0 aliphatic carbocycles. The van der Waals surface area contributed by atoms with Crippen LogP contribution in [0.5, 0.6) is 0 Å². The van der Waals surface area contributed by atoms with Crippen LogP contribution in [-0.4, -0.2) is 55.6 Å². The van der Waals surface area contributed by atoms with Crippen molar-refractivity contribution in [1.82, 2.24) is 19.5 Å². The Labute approximate surface area is 156 Å². The van der Waals surface area contributed by atoms with E-state index in [9.17, 15) is 9.36 Å². The summed E-state index contributed by atoms with van der Waals surface area (Å²) in [5.74, 6) is 0.810. The monoisotopic (exact) mass is 401 g/mol. The second kappa shape index (κ2) is 9.45. The van der Waals surface area contributed by atoms with Crippen LogP contribution in [0.15, 0.2) is 12.7 Å². The van der Waals surface area contributed by atoms with Crippen molar-refractivity contribution in [3.63, 3.8) is 0 Å². The van der Waals surface area contributed by atoms with Crippen LogP contribution < -0.4 is 5.73 Å². The van der Waals surface area contributed by atoms with E-state index < -0.39 is 7.37 Å². The van der Waals surface area contributed by atoms with Gasteiger partial charge in [-0.15, -0.1) is 0 Å². The summed E-state index contributed by atoms with van der Waals surface area (Å²) >= 11 is 1.15. The van der Waals surface area contributed by atoms with Crippen molar-refractivity contribution in [2.75, 3.05) is 31.0 Å². The minimum Gasteiger partial charge on any atom is -0.382 e. The van der Waals surface area contributed by atoms with E-state index in [-0.39, 0.29) is 23.7 Å². The van der Waals surface area contributed by atoms with Crippen LogP contribution in [0.2, 0.25) is 0 Å². The lowest BCUT2D eigenvalue weighted by Gasteiger charge is -2.22. The fraction of sp³-hybridized carbons (Fsp3) is 0.600. The van der Waals surface area contributed by atoms with Gasteiger partial charge in [0, 0.05) is 24.9 Å². The molecule has 2 aromatic heterocycles. The van der Waals surface area contributed by atoms with Crippen molar-refractivity contribution in [2.45, 2.75) is 33.0 Å². The van der Waals surface area contributed by atoms with Crippen LogP contribution >= 0.6 is 19.1 Å². The van der Waals surface area contributed by atoms with Gasteiger partial charge >= 0.3 is 0 Å². The number of nitrogens with zero attached hydrogens (tertiary/aromatic N) is 4. The number of rotatable bonds is 10. The van der Waals surface area contributed by atoms with Crippen molar-refractivity contribution < 1.29 is 18.6 Å². The Bertz CT molecular complexity index is 797. The Balaban J connectivity index is 1.84. The standard InChI is InChI=1S/C15H24N5O4PS/c1-11(2)25(22,24-6-7-26-12(3)21)10-23-5-4-20-9-19-13-14(16)17-8-18-15(13)20/h8-9,11H,4-7,10H2,1-3H3,(H2,16,17,18). The molecule has 0 fully saturated rings. The van der Waals surface area contributed by atoms with Crippen molar-refractivity contribution in [1.29, 1.82) is 0 Å². The van der Waals surface area contributed by atoms with E-state index in [4.69, 9.17) is 15.0 Å². The lowest BCUT2D eigenvalue weighted by Crippen LogP contribution is -2.13. The third kappa shape index (κ3) is 5.51. The average Bonchev–Trinajstić information content (AvgIpc) is 3.00. The Kier molecular flexibility index (Phi) is 7.57. The maximum absolute atomic E-state index is 12.9. The summed E-state index contributed by atoms with van der Waals surface area (Å²) in [7, 11) is -2.93. The van der Waals surface area contributed by atoms with E-state index in [1.807, 2.05) is 13.8 Å². The number of imidazole rings is 1. The second-order valence-corrected chi connectivity index (χ2v) is 10.2. The molecule has 9 nitrogen and oxygen atoms in total. The molecule has 144 valence electrons. The fourth-order valence-corrected chi connectivity index (χ4v) is 4.16. The number of anilines is 1. The molecule has 0 aliphatic heterocycles. The van der Waals surface area contributed by atoms with E-state index in [0.717, 1.165) is 11.8 Å². The first kappa shape index (κ1) is 20.8. The third-order valence-electron chi connectivity index (χ3n) is 3.66. The zero-order valence-corrected chi connectivity index (χ0v) is 16.8. The van der Waals surface area contributed by atoms with Gasteiger partial charge in [-0.3, -0.25) is 9.36 Å². The van der Waals surface area contributed by atoms with E-state index >= 15 is 0 Å². The first-order valence-corrected chi connectivity index (χ1v) is 11.1. The predicted octanol–water partition coefficient (Wildman–Crippen LogP) is 2.37. The first-order valence-electron chi connectivity index (χ1n) is 8.19. The molecular formula is C15H24N5O4PS. The van der Waals surface area contributed by atoms with Gasteiger partial charge in [0.2, 0.25) is 7.37 Å². The lowest BCUT2D eigenvalue weighted by atomic mass is 10.5. The normalized spacial score (nSPS) is 14.0. The number of thioether (sulfide) groups is 1. The molecule has 0 spiro atoms. The third-order valence-corrected chi connectivity index (χ3v) is 7.18. The highest BCUT2D eigenvalue weighted by atomic mass is 32.2. The summed E-state index contributed by atoms with van der Waals surface area (Å²) in [5.41, 5.74) is 6.77. The van der Waals surface area contributed by atoms with E-state index in [1.54, 1.807) is 10.9 Å². The molecule has 0 aromatic carbocycles. The van der Waals surface area contributed by atoms with Gasteiger partial charge in [-0.1, -0.05) is 25.6 Å². The highest BCUT2D eigenvalue weighted by Crippen LogP contribution is 2.51. The summed E-state index contributed by atoms with van der Waals surface area (Å²) in [6.07, 6.45) is 3.03. The highest BCUT2D eigenvalue weighted by molar-refractivity contribution is 8.13. The van der Waals surface area contributed by atoms with E-state index in [1.165, 1.54) is 13.3 Å². The highest BCUT2D eigenvalue weighted by Gasteiger charge is 2.28. The maximum Gasteiger partial charge on any atom is 0.230 e. The second-order valence-electron chi connectivity index (χ2n) is 5.90. The molecule has 1 unspecified atom stereocenters. The molecule has 2 heterocycles. The van der Waals surface area contributed by atoms with Crippen LogP contribution in [0.25, 0.3) is 11.2 Å². The van der Waals surface area contributed by atoms with Gasteiger partial charge in [0.1, 0.15) is 18.2 Å². The van der Waals surface area contributed by atoms with Gasteiger partial charge in [0.25, 0.3) is 0 Å². The van der Waals surface area contributed by atoms with E-state index in [0.29, 0.717) is 35.9 Å². The molecule has 11 heteroatoms. The van der Waals surface area contributed by atoms with E-state index in [2.05, 4.69) is 15.0 Å². The summed E-state index contributed by atoms with van der Waals surface area (Å²) in [4.78, 5) is 23.2. The molecule has 0 amide bonds. The Morgan fingerprint density at radius 3 is 2.81 bits per heavy atom. The average molecular weight is 401 g/mol. The zero-order valence-electron chi connectivity index (χ0n) is 15.1. The summed E-state index contributed by atoms with van der Waals surface area (Å²) in [6, 6.07) is 0. The zero-order chi connectivity index (χ0) is 19.2. The number of nitrogens with two attached hydrogens (primary N) is 1. The largest absolute Gasteiger partial charge is 0.382 e. The number of hydrogen-bond donors (Lipinski definition) is 1. The molecule has 2 rings (SSSR count). The number of aromatic nitrogens is 4. The van der Waals surface area contributed by atoms with Crippen LogP contribution in [0.4, 0.5) is 5.82 Å². The summed E-state index contributed by atoms with van der Waals surface area (Å²) < 4.78 is 25.9. The van der Waals surface area contributed by atoms with Crippen LogP contribution in [0, 0.1) is 0 Å². The topological polar surface area (TPSA) is 122 Å². The molecule has 0 radical (unpaired) electrons. The number of carbonyl (C=O) groups is 1. The number of fused-ring (bicyclic) bond motifs is 1. The molecule has 2 N–H and O–H groups in total. The SMILES string of the molecule is CC(=O)SCCOP(=O)(COCCn1cnc2c(N)ncnc21)C(C)C. The van der Waals surface area contributed by atoms with Crippen LogP contribution in [0.3, 0.4) is 0 Å². The van der Waals surface area contributed by atoms with Crippen LogP contribution in [0.1, 0.15) is 20.8 Å². The molecule has 0 saturated heterocycles. The Morgan fingerprint density at radius 1 is 1.35 bits per heavy atom. The van der Waals surface area contributed by atoms with Gasteiger partial charge < -0.3 is 19.6 Å². The van der Waals surface area contributed by atoms with Crippen molar-refractivity contribution in [2.24, 2.45) is 0 Å². The molecular weight excluding hydrogens is 377 g/mol. The van der Waals surface area contributed by atoms with Crippen molar-refractivity contribution >= 4 is 41.2 Å². The summed E-state index contributed by atoms with van der Waals surface area (Å²) in [6.45, 7) is 6.25. The molecule has 26 heavy (non-hydrogen) atoms. The molecule has 0 bridgehead atoms. The Morgan fingerprint density at radius 2 is 2.12 bits per heavy atom. The smallest absolute Gasteiger partial charge is 0.230 e. The minimum atomic E-state index is -2.93. The molecule has 0 saturated carbocycles. The molecule has 2 aromatic rings. The Hall–Kier alpha value is -1.48. The quantitative estimate of drug-likeness (QED) is 0.472. The molecule has 1 atom stereocenters. The fourth-order valence-electron chi connectivity index (χ4n) is 2.13. The predicted molar refractivity (Wildman–Crippen MR) is 102 cm³/mol. The number of carbonyl (C=O) groups excluding carboxylic acids is 1. The maximum atomic E-state index is 12.9. The first-order chi connectivity index (χ1) is 12.3. The number of nitrogen functional groups attached to an aromatic ring is 1. The summed E-state index contributed by atoms with van der Waals surface area (Å²) in [5, 5.41) is 0.0150. The van der Waals surface area contributed by atoms with Gasteiger partial charge in [-0.05, 0) is 0 Å².